The molecule has 1 aromatic carbocycles. The van der Waals surface area contributed by atoms with E-state index < -0.39 is 60.9 Å². The van der Waals surface area contributed by atoms with Crippen molar-refractivity contribution in [3.05, 3.63) is 29.8 Å². The number of hydrogen-bond donors (Lipinski definition) is 1. The second-order valence-electron chi connectivity index (χ2n) is 11.3. The summed E-state index contributed by atoms with van der Waals surface area (Å²) in [5.74, 6) is -3.27. The van der Waals surface area contributed by atoms with Gasteiger partial charge in [-0.2, -0.15) is 0 Å². The number of hydrogen-bond acceptors (Lipinski definition) is 13. The van der Waals surface area contributed by atoms with Crippen molar-refractivity contribution in [2.24, 2.45) is 5.41 Å². The first kappa shape index (κ1) is 42.0. The highest BCUT2D eigenvalue weighted by atomic mass is 79.9. The molecule has 0 aromatic heterocycles. The van der Waals surface area contributed by atoms with Crippen LogP contribution in [0.15, 0.2) is 24.3 Å². The van der Waals surface area contributed by atoms with Crippen LogP contribution in [0.1, 0.15) is 78.7 Å². The van der Waals surface area contributed by atoms with Gasteiger partial charge in [0.25, 0.3) is 0 Å². The number of Topliss-reactive ketones (excluding diaryl/α,β-unsaturated/α-hetero) is 1. The van der Waals surface area contributed by atoms with E-state index in [1.165, 1.54) is 27.7 Å². The fourth-order valence-electron chi connectivity index (χ4n) is 3.87. The minimum atomic E-state index is -1.53. The lowest BCUT2D eigenvalue weighted by Gasteiger charge is -2.26. The predicted octanol–water partition coefficient (Wildman–Crippen LogP) is 4.62. The van der Waals surface area contributed by atoms with Crippen molar-refractivity contribution in [1.29, 1.82) is 0 Å². The zero-order valence-electron chi connectivity index (χ0n) is 28.1. The second-order valence-corrected chi connectivity index (χ2v) is 12.1. The number of rotatable bonds is 22. The Hall–Kier alpha value is -4.01. The first-order valence-electron chi connectivity index (χ1n) is 15.6. The van der Waals surface area contributed by atoms with Crippen LogP contribution in [0.3, 0.4) is 0 Å². The van der Waals surface area contributed by atoms with Gasteiger partial charge in [0.1, 0.15) is 24.4 Å². The van der Waals surface area contributed by atoms with E-state index in [0.29, 0.717) is 43.1 Å². The predicted molar refractivity (Wildman–Crippen MR) is 175 cm³/mol. The number of halogens is 1. The van der Waals surface area contributed by atoms with Crippen molar-refractivity contribution in [2.75, 3.05) is 37.1 Å². The fraction of sp³-hybridized carbons (Fsp3) is 0.606. The van der Waals surface area contributed by atoms with Crippen LogP contribution >= 0.6 is 15.9 Å². The quantitative estimate of drug-likeness (QED) is 0.0751. The molecular formula is C33H46BrNO13. The van der Waals surface area contributed by atoms with Gasteiger partial charge in [-0.25, -0.2) is 14.4 Å². The number of benzene rings is 1. The Morgan fingerprint density at radius 3 is 1.98 bits per heavy atom. The molecule has 0 radical (unpaired) electrons. The summed E-state index contributed by atoms with van der Waals surface area (Å²) < 4.78 is 30.2. The van der Waals surface area contributed by atoms with Crippen molar-refractivity contribution in [2.45, 2.75) is 91.8 Å². The summed E-state index contributed by atoms with van der Waals surface area (Å²) in [5, 5.41) is 3.28. The van der Waals surface area contributed by atoms with Crippen molar-refractivity contribution < 1.29 is 62.0 Å². The zero-order chi connectivity index (χ0) is 36.1. The molecule has 3 unspecified atom stereocenters. The Kier molecular flexibility index (Phi) is 19.7. The number of carbonyl (C=O) groups is 7. The average Bonchev–Trinajstić information content (AvgIpc) is 3.02. The summed E-state index contributed by atoms with van der Waals surface area (Å²) >= 11 is 3.22. The van der Waals surface area contributed by atoms with Crippen molar-refractivity contribution >= 4 is 63.3 Å². The Labute approximate surface area is 289 Å². The fourth-order valence-corrected chi connectivity index (χ4v) is 4.10. The van der Waals surface area contributed by atoms with Gasteiger partial charge in [-0.3, -0.25) is 19.2 Å². The molecule has 14 nitrogen and oxygen atoms in total. The molecule has 48 heavy (non-hydrogen) atoms. The minimum absolute atomic E-state index is 0.0944. The van der Waals surface area contributed by atoms with E-state index >= 15 is 0 Å². The van der Waals surface area contributed by atoms with Crippen LogP contribution in [0.5, 0.6) is 0 Å². The number of anilines is 1. The molecule has 1 N–H and O–H groups in total. The maximum Gasteiger partial charge on any atom is 0.509 e. The monoisotopic (exact) mass is 743 g/mol. The second kappa shape index (κ2) is 22.5. The Balaban J connectivity index is 2.32. The molecule has 1 aromatic rings. The van der Waals surface area contributed by atoms with Crippen LogP contribution in [-0.4, -0.2) is 85.7 Å². The highest BCUT2D eigenvalue weighted by Crippen LogP contribution is 2.21. The van der Waals surface area contributed by atoms with E-state index in [1.54, 1.807) is 24.3 Å². The largest absolute Gasteiger partial charge is 0.509 e. The van der Waals surface area contributed by atoms with Gasteiger partial charge in [0, 0.05) is 37.7 Å². The Morgan fingerprint density at radius 1 is 0.750 bits per heavy atom. The summed E-state index contributed by atoms with van der Waals surface area (Å²) in [5.41, 5.74) is 0.0138. The van der Waals surface area contributed by atoms with Crippen LogP contribution in [0.4, 0.5) is 10.5 Å². The lowest BCUT2D eigenvalue weighted by molar-refractivity contribution is -0.172. The number of alkyl halides is 1. The molecule has 1 rings (SSSR count). The van der Waals surface area contributed by atoms with Gasteiger partial charge >= 0.3 is 30.0 Å². The van der Waals surface area contributed by atoms with E-state index in [9.17, 15) is 33.6 Å². The molecule has 0 aliphatic rings. The van der Waals surface area contributed by atoms with Crippen molar-refractivity contribution in [3.8, 4) is 0 Å². The normalized spacial score (nSPS) is 13.1. The third-order valence-electron chi connectivity index (χ3n) is 6.61. The molecule has 0 heterocycles. The van der Waals surface area contributed by atoms with E-state index in [2.05, 4.69) is 21.2 Å². The van der Waals surface area contributed by atoms with Crippen molar-refractivity contribution in [3.63, 3.8) is 0 Å². The average molecular weight is 745 g/mol. The van der Waals surface area contributed by atoms with Crippen LogP contribution in [0.25, 0.3) is 0 Å². The summed E-state index contributed by atoms with van der Waals surface area (Å²) in [6.45, 7) is 5.69. The number of ether oxygens (including phenoxy) is 6. The Bertz CT molecular complexity index is 1240. The maximum atomic E-state index is 12.5. The molecule has 0 aliphatic heterocycles. The summed E-state index contributed by atoms with van der Waals surface area (Å²) in [6, 6.07) is 7.12. The first-order valence-corrected chi connectivity index (χ1v) is 16.7. The first-order chi connectivity index (χ1) is 22.7. The third-order valence-corrected chi connectivity index (χ3v) is 7.17. The maximum absolute atomic E-state index is 12.5. The molecule has 0 spiro atoms. The van der Waals surface area contributed by atoms with Gasteiger partial charge in [-0.15, -0.1) is 0 Å². The number of amides is 1. The number of carbonyl (C=O) groups excluding carboxylic acids is 7. The Morgan fingerprint density at radius 2 is 1.35 bits per heavy atom. The number of unbranched alkanes of at least 4 members (excludes halogenated alkanes) is 3. The summed E-state index contributed by atoms with van der Waals surface area (Å²) in [7, 11) is 0. The molecule has 3 atom stereocenters. The number of esters is 4. The SMILES string of the molecule is CC(=O)Nc1ccc(CC(=O)CCCCCCOC(=O)C(C)OC(=O)C(C)OC(=O)OCC(C)(COC(C)=O)C(=O)OCCCBr)cc1. The van der Waals surface area contributed by atoms with E-state index in [1.807, 2.05) is 0 Å². The lowest BCUT2D eigenvalue weighted by atomic mass is 9.93. The van der Waals surface area contributed by atoms with Gasteiger partial charge in [-0.1, -0.05) is 40.9 Å². The van der Waals surface area contributed by atoms with Gasteiger partial charge in [0.15, 0.2) is 12.2 Å². The van der Waals surface area contributed by atoms with E-state index in [-0.39, 0.29) is 24.9 Å². The number of ketones is 1. The van der Waals surface area contributed by atoms with Crippen LogP contribution in [-0.2, 0) is 63.6 Å². The van der Waals surface area contributed by atoms with E-state index in [0.717, 1.165) is 25.3 Å². The molecule has 0 saturated carbocycles. The molecule has 0 aliphatic carbocycles. The van der Waals surface area contributed by atoms with Gasteiger partial charge in [-0.05, 0) is 57.7 Å². The molecule has 1 amide bonds. The van der Waals surface area contributed by atoms with Gasteiger partial charge < -0.3 is 33.7 Å². The van der Waals surface area contributed by atoms with Gasteiger partial charge in [0.2, 0.25) is 5.91 Å². The van der Waals surface area contributed by atoms with Crippen molar-refractivity contribution in [1.82, 2.24) is 0 Å². The van der Waals surface area contributed by atoms with E-state index in [4.69, 9.17) is 28.4 Å². The molecule has 0 fully saturated rings. The highest BCUT2D eigenvalue weighted by molar-refractivity contribution is 9.09. The smallest absolute Gasteiger partial charge is 0.465 e. The highest BCUT2D eigenvalue weighted by Gasteiger charge is 2.39. The lowest BCUT2D eigenvalue weighted by Crippen LogP contribution is -2.41. The standard InChI is InChI=1S/C33H46BrNO13/c1-22(29(39)43-17-9-7-6-8-11-28(38)19-26-12-14-27(15-13-26)35-24(3)36)47-30(40)23(2)48-32(42)46-21-33(5,20-45-25(4)37)31(41)44-18-10-16-34/h12-15,22-23H,6-11,16-21H2,1-5H3,(H,35,36). The minimum Gasteiger partial charge on any atom is -0.465 e. The molecule has 0 saturated heterocycles. The molecular weight excluding hydrogens is 698 g/mol. The van der Waals surface area contributed by atoms with Crippen LogP contribution in [0.2, 0.25) is 0 Å². The van der Waals surface area contributed by atoms with Crippen LogP contribution in [0, 0.1) is 5.41 Å². The van der Waals surface area contributed by atoms with Gasteiger partial charge in [0.05, 0.1) is 13.2 Å². The number of nitrogens with one attached hydrogen (secondary N) is 1. The third kappa shape index (κ3) is 17.8. The zero-order valence-corrected chi connectivity index (χ0v) is 29.7. The summed E-state index contributed by atoms with van der Waals surface area (Å²) in [4.78, 5) is 84.0. The molecule has 15 heteroatoms. The molecule has 268 valence electrons. The topological polar surface area (TPSA) is 187 Å². The summed E-state index contributed by atoms with van der Waals surface area (Å²) in [6.07, 6.45) is -0.0182. The molecule has 0 bridgehead atoms. The van der Waals surface area contributed by atoms with Crippen LogP contribution < -0.4 is 5.32 Å².